The summed E-state index contributed by atoms with van der Waals surface area (Å²) in [5, 5.41) is 21.3. The fourth-order valence-electron chi connectivity index (χ4n) is 5.88. The van der Waals surface area contributed by atoms with Crippen molar-refractivity contribution in [2.24, 2.45) is 35.5 Å². The summed E-state index contributed by atoms with van der Waals surface area (Å²) in [6.45, 7) is 13.6. The average Bonchev–Trinajstić information content (AvgIpc) is 3.68. The molecule has 2 N–H and O–H groups in total. The van der Waals surface area contributed by atoms with Crippen LogP contribution < -0.4 is 0 Å². The highest BCUT2D eigenvalue weighted by atomic mass is 16.5. The van der Waals surface area contributed by atoms with Gasteiger partial charge < -0.3 is 24.4 Å². The molecule has 7 heteroatoms. The first-order valence-electron chi connectivity index (χ1n) is 14.7. The number of carbonyl (C=O) groups is 2. The Labute approximate surface area is 235 Å². The summed E-state index contributed by atoms with van der Waals surface area (Å²) in [4.78, 5) is 24.3. The highest BCUT2D eigenvalue weighted by molar-refractivity contribution is 5.70. The maximum absolute atomic E-state index is 12.6. The van der Waals surface area contributed by atoms with Crippen molar-refractivity contribution in [1.82, 2.24) is 0 Å². The van der Waals surface area contributed by atoms with Gasteiger partial charge in [-0.2, -0.15) is 0 Å². The van der Waals surface area contributed by atoms with E-state index in [0.29, 0.717) is 24.7 Å². The van der Waals surface area contributed by atoms with Gasteiger partial charge in [0.1, 0.15) is 12.2 Å². The van der Waals surface area contributed by atoms with Gasteiger partial charge >= 0.3 is 11.9 Å². The molecule has 1 saturated carbocycles. The number of esters is 2. The Morgan fingerprint density at radius 2 is 1.87 bits per heavy atom. The smallest absolute Gasteiger partial charge is 0.309 e. The minimum Gasteiger partial charge on any atom is -0.458 e. The first-order valence-corrected chi connectivity index (χ1v) is 14.7. The van der Waals surface area contributed by atoms with E-state index in [-0.39, 0.29) is 42.2 Å². The van der Waals surface area contributed by atoms with Gasteiger partial charge in [0.05, 0.1) is 24.7 Å². The largest absolute Gasteiger partial charge is 0.458 e. The van der Waals surface area contributed by atoms with Crippen LogP contribution in [0.2, 0.25) is 0 Å². The number of carbonyl (C=O) groups excluding carboxylic acids is 2. The first-order chi connectivity index (χ1) is 18.4. The Hall–Kier alpha value is -1.96. The molecule has 0 aromatic rings. The van der Waals surface area contributed by atoms with Crippen LogP contribution in [0.15, 0.2) is 36.0 Å². The molecule has 1 heterocycles. The fourth-order valence-corrected chi connectivity index (χ4v) is 5.88. The molecule has 0 aromatic heterocycles. The molecule has 39 heavy (non-hydrogen) atoms. The lowest BCUT2D eigenvalue weighted by Crippen LogP contribution is -2.30. The number of cyclic esters (lactones) is 1. The molecule has 0 saturated heterocycles. The second-order valence-corrected chi connectivity index (χ2v) is 11.9. The van der Waals surface area contributed by atoms with Crippen LogP contribution in [0.25, 0.3) is 0 Å². The van der Waals surface area contributed by atoms with Crippen LogP contribution >= 0.6 is 0 Å². The lowest BCUT2D eigenvalue weighted by atomic mass is 9.91. The van der Waals surface area contributed by atoms with Gasteiger partial charge in [-0.25, -0.2) is 0 Å². The van der Waals surface area contributed by atoms with Crippen molar-refractivity contribution in [2.45, 2.75) is 111 Å². The number of ether oxygens (including phenoxy) is 3. The SMILES string of the molecule is CC[C@H](OC)[C@@H](C)[C@H]1C[C@@H]1[C@@H](O)[C@H](C)/C=C/C=C(\C)[C@H]1OC(=O)C[C@H](O)CC[C@H](C)[C@@H](OC(C)=O)/C=C/[C@@H]1C. The van der Waals surface area contributed by atoms with Crippen LogP contribution in [-0.2, 0) is 23.8 Å². The minimum atomic E-state index is -0.811. The summed E-state index contributed by atoms with van der Waals surface area (Å²) in [6.07, 6.45) is 10.7. The monoisotopic (exact) mass is 548 g/mol. The van der Waals surface area contributed by atoms with E-state index in [1.54, 1.807) is 7.11 Å². The zero-order chi connectivity index (χ0) is 29.3. The zero-order valence-electron chi connectivity index (χ0n) is 25.2. The van der Waals surface area contributed by atoms with E-state index in [9.17, 15) is 19.8 Å². The molecule has 1 fully saturated rings. The summed E-state index contributed by atoms with van der Waals surface area (Å²) in [5.74, 6) is 0.206. The summed E-state index contributed by atoms with van der Waals surface area (Å²) in [5.41, 5.74) is 0.853. The quantitative estimate of drug-likeness (QED) is 0.214. The number of methoxy groups -OCH3 is 1. The summed E-state index contributed by atoms with van der Waals surface area (Å²) in [6, 6.07) is 0. The third-order valence-corrected chi connectivity index (χ3v) is 8.62. The molecule has 0 amide bonds. The highest BCUT2D eigenvalue weighted by Gasteiger charge is 2.48. The highest BCUT2D eigenvalue weighted by Crippen LogP contribution is 2.49. The number of aliphatic hydroxyl groups is 2. The van der Waals surface area contributed by atoms with E-state index in [1.807, 2.05) is 58.1 Å². The predicted molar refractivity (Wildman–Crippen MR) is 153 cm³/mol. The molecular formula is C32H52O7. The van der Waals surface area contributed by atoms with Gasteiger partial charge in [0.15, 0.2) is 0 Å². The number of hydrogen-bond acceptors (Lipinski definition) is 7. The van der Waals surface area contributed by atoms with Gasteiger partial charge in [0.2, 0.25) is 0 Å². The standard InChI is InChI=1S/C32H52O7/c1-9-28(37-8)23(6)26-18-27(26)31(36)20(3)11-10-12-21(4)32-22(5)14-16-29(38-24(7)33)19(2)13-15-25(34)17-30(35)39-32/h10-12,14,16,19-20,22-23,25-29,31-32,34,36H,9,13,15,17-18H2,1-8H3/b11-10+,16-14+,21-12+/t19-,20+,22-,23-,25+,26+,27-,28-,29-,31-,32+/m0/s1. The van der Waals surface area contributed by atoms with Crippen LogP contribution in [0.5, 0.6) is 0 Å². The molecule has 0 spiro atoms. The Balaban J connectivity index is 2.12. The minimum absolute atomic E-state index is 0.00444. The van der Waals surface area contributed by atoms with Gasteiger partial charge in [-0.05, 0) is 67.9 Å². The molecule has 0 radical (unpaired) electrons. The molecule has 11 atom stereocenters. The molecule has 222 valence electrons. The fraction of sp³-hybridized carbons (Fsp3) is 0.750. The second kappa shape index (κ2) is 15.7. The van der Waals surface area contributed by atoms with Crippen molar-refractivity contribution in [3.63, 3.8) is 0 Å². The van der Waals surface area contributed by atoms with Crippen molar-refractivity contribution >= 4 is 11.9 Å². The molecule has 2 aliphatic rings. The van der Waals surface area contributed by atoms with Crippen molar-refractivity contribution in [3.05, 3.63) is 36.0 Å². The van der Waals surface area contributed by atoms with Gasteiger partial charge in [-0.3, -0.25) is 9.59 Å². The van der Waals surface area contributed by atoms with Gasteiger partial charge in [-0.15, -0.1) is 0 Å². The summed E-state index contributed by atoms with van der Waals surface area (Å²) < 4.78 is 17.0. The van der Waals surface area contributed by atoms with Gasteiger partial charge in [-0.1, -0.05) is 58.9 Å². The van der Waals surface area contributed by atoms with Crippen LogP contribution in [0.3, 0.4) is 0 Å². The Morgan fingerprint density at radius 1 is 1.18 bits per heavy atom. The van der Waals surface area contributed by atoms with Crippen LogP contribution in [0.1, 0.15) is 80.6 Å². The second-order valence-electron chi connectivity index (χ2n) is 11.9. The molecule has 0 aromatic carbocycles. The van der Waals surface area contributed by atoms with E-state index >= 15 is 0 Å². The van der Waals surface area contributed by atoms with Crippen molar-refractivity contribution in [1.29, 1.82) is 0 Å². The van der Waals surface area contributed by atoms with Crippen LogP contribution in [0.4, 0.5) is 0 Å². The molecular weight excluding hydrogens is 496 g/mol. The molecule has 1 aliphatic heterocycles. The normalized spacial score (nSPS) is 34.7. The topological polar surface area (TPSA) is 102 Å². The van der Waals surface area contributed by atoms with Crippen molar-refractivity contribution < 1.29 is 34.0 Å². The van der Waals surface area contributed by atoms with Gasteiger partial charge in [0, 0.05) is 25.9 Å². The van der Waals surface area contributed by atoms with Crippen LogP contribution in [-0.4, -0.2) is 59.8 Å². The van der Waals surface area contributed by atoms with E-state index in [4.69, 9.17) is 14.2 Å². The number of rotatable bonds is 10. The Kier molecular flexibility index (Phi) is 13.4. The first kappa shape index (κ1) is 33.2. The zero-order valence-corrected chi connectivity index (χ0v) is 25.2. The average molecular weight is 549 g/mol. The predicted octanol–water partition coefficient (Wildman–Crippen LogP) is 5.40. The number of aliphatic hydroxyl groups excluding tert-OH is 2. The lowest BCUT2D eigenvalue weighted by molar-refractivity contribution is -0.151. The Bertz CT molecular complexity index is 874. The summed E-state index contributed by atoms with van der Waals surface area (Å²) >= 11 is 0. The van der Waals surface area contributed by atoms with Crippen LogP contribution in [0, 0.1) is 35.5 Å². The number of hydrogen-bond donors (Lipinski definition) is 2. The summed E-state index contributed by atoms with van der Waals surface area (Å²) in [7, 11) is 1.76. The maximum Gasteiger partial charge on any atom is 0.309 e. The maximum atomic E-state index is 12.6. The third-order valence-electron chi connectivity index (χ3n) is 8.62. The molecule has 0 bridgehead atoms. The molecule has 1 aliphatic carbocycles. The number of allylic oxidation sites excluding steroid dienone is 2. The van der Waals surface area contributed by atoms with Crippen molar-refractivity contribution in [2.75, 3.05) is 7.11 Å². The van der Waals surface area contributed by atoms with E-state index in [0.717, 1.165) is 18.4 Å². The van der Waals surface area contributed by atoms with E-state index in [2.05, 4.69) is 13.8 Å². The Morgan fingerprint density at radius 3 is 2.49 bits per heavy atom. The van der Waals surface area contributed by atoms with E-state index in [1.165, 1.54) is 6.92 Å². The molecule has 2 rings (SSSR count). The lowest BCUT2D eigenvalue weighted by Gasteiger charge is -2.27. The van der Waals surface area contributed by atoms with E-state index < -0.39 is 30.4 Å². The van der Waals surface area contributed by atoms with Crippen molar-refractivity contribution in [3.8, 4) is 0 Å². The molecule has 0 unspecified atom stereocenters. The van der Waals surface area contributed by atoms with Gasteiger partial charge in [0.25, 0.3) is 0 Å². The third kappa shape index (κ3) is 10.2. The molecule has 7 nitrogen and oxygen atoms in total.